The van der Waals surface area contributed by atoms with Crippen LogP contribution >= 0.6 is 0 Å². The fourth-order valence-electron chi connectivity index (χ4n) is 2.74. The molecule has 2 aromatic heterocycles. The lowest BCUT2D eigenvalue weighted by Crippen LogP contribution is -2.42. The van der Waals surface area contributed by atoms with Crippen molar-refractivity contribution in [1.29, 1.82) is 0 Å². The third-order valence-electron chi connectivity index (χ3n) is 4.04. The van der Waals surface area contributed by atoms with Crippen LogP contribution in [-0.4, -0.2) is 49.7 Å². The summed E-state index contributed by atoms with van der Waals surface area (Å²) in [6, 6.07) is 0.849. The average molecular weight is 354 g/mol. The highest BCUT2D eigenvalue weighted by Gasteiger charge is 2.33. The largest absolute Gasteiger partial charge is 0.433 e. The molecule has 25 heavy (non-hydrogen) atoms. The van der Waals surface area contributed by atoms with Crippen molar-refractivity contribution >= 4 is 11.7 Å². The van der Waals surface area contributed by atoms with Gasteiger partial charge in [0, 0.05) is 38.4 Å². The molecule has 0 saturated carbocycles. The second kappa shape index (κ2) is 6.69. The summed E-state index contributed by atoms with van der Waals surface area (Å²) in [5.41, 5.74) is -0.450. The molecule has 2 aromatic rings. The van der Waals surface area contributed by atoms with E-state index < -0.39 is 11.9 Å². The summed E-state index contributed by atoms with van der Waals surface area (Å²) in [5, 5.41) is 6.97. The Morgan fingerprint density at radius 1 is 1.28 bits per heavy atom. The van der Waals surface area contributed by atoms with Crippen molar-refractivity contribution in [2.75, 3.05) is 18.4 Å². The van der Waals surface area contributed by atoms with E-state index in [2.05, 4.69) is 20.4 Å². The van der Waals surface area contributed by atoms with Gasteiger partial charge in [-0.25, -0.2) is 9.97 Å². The van der Waals surface area contributed by atoms with Crippen LogP contribution in [0.15, 0.2) is 24.8 Å². The summed E-state index contributed by atoms with van der Waals surface area (Å²) >= 11 is 0. The molecular formula is C15H17F3N6O. The van der Waals surface area contributed by atoms with Crippen molar-refractivity contribution in [3.8, 4) is 0 Å². The molecule has 0 unspecified atom stereocenters. The van der Waals surface area contributed by atoms with Crippen molar-refractivity contribution in [1.82, 2.24) is 24.6 Å². The number of carbonyl (C=O) groups is 1. The van der Waals surface area contributed by atoms with Crippen LogP contribution in [0.25, 0.3) is 0 Å². The van der Waals surface area contributed by atoms with E-state index in [-0.39, 0.29) is 17.8 Å². The number of carbonyl (C=O) groups excluding carboxylic acids is 1. The van der Waals surface area contributed by atoms with Crippen LogP contribution in [0.5, 0.6) is 0 Å². The number of rotatable bonds is 3. The summed E-state index contributed by atoms with van der Waals surface area (Å²) in [4.78, 5) is 21.1. The van der Waals surface area contributed by atoms with Gasteiger partial charge in [0.1, 0.15) is 17.8 Å². The number of amides is 1. The highest BCUT2D eigenvalue weighted by atomic mass is 19.4. The number of anilines is 1. The first-order valence-corrected chi connectivity index (χ1v) is 7.76. The van der Waals surface area contributed by atoms with E-state index in [4.69, 9.17) is 0 Å². The number of piperidine rings is 1. The summed E-state index contributed by atoms with van der Waals surface area (Å²) in [6.07, 6.45) is 0.818. The van der Waals surface area contributed by atoms with Crippen molar-refractivity contribution in [3.63, 3.8) is 0 Å². The molecule has 0 radical (unpaired) electrons. The maximum absolute atomic E-state index is 12.7. The SMILES string of the molecule is Cn1cc(C(=O)N2CCC(Nc3cc(C(F)(F)F)ncn3)CC2)cn1. The Morgan fingerprint density at radius 3 is 2.60 bits per heavy atom. The van der Waals surface area contributed by atoms with Gasteiger partial charge < -0.3 is 10.2 Å². The zero-order chi connectivity index (χ0) is 18.0. The molecule has 1 amide bonds. The first-order chi connectivity index (χ1) is 11.8. The number of likely N-dealkylation sites (tertiary alicyclic amines) is 1. The van der Waals surface area contributed by atoms with E-state index in [1.165, 1.54) is 6.20 Å². The van der Waals surface area contributed by atoms with Gasteiger partial charge in [-0.1, -0.05) is 0 Å². The van der Waals surface area contributed by atoms with Gasteiger partial charge in [-0.3, -0.25) is 9.48 Å². The molecule has 1 aliphatic heterocycles. The number of hydrogen-bond acceptors (Lipinski definition) is 5. The molecule has 3 heterocycles. The van der Waals surface area contributed by atoms with E-state index in [0.29, 0.717) is 31.5 Å². The first kappa shape index (κ1) is 17.2. The molecule has 0 aliphatic carbocycles. The molecule has 7 nitrogen and oxygen atoms in total. The minimum Gasteiger partial charge on any atom is -0.367 e. The van der Waals surface area contributed by atoms with Gasteiger partial charge in [-0.15, -0.1) is 0 Å². The fourth-order valence-corrected chi connectivity index (χ4v) is 2.74. The van der Waals surface area contributed by atoms with Crippen LogP contribution in [0, 0.1) is 0 Å². The highest BCUT2D eigenvalue weighted by molar-refractivity contribution is 5.93. The molecular weight excluding hydrogens is 337 g/mol. The first-order valence-electron chi connectivity index (χ1n) is 7.76. The van der Waals surface area contributed by atoms with Crippen LogP contribution in [0.1, 0.15) is 28.9 Å². The number of hydrogen-bond donors (Lipinski definition) is 1. The smallest absolute Gasteiger partial charge is 0.367 e. The van der Waals surface area contributed by atoms with E-state index in [1.54, 1.807) is 22.8 Å². The molecule has 134 valence electrons. The molecule has 3 rings (SSSR count). The molecule has 1 N–H and O–H groups in total. The van der Waals surface area contributed by atoms with Crippen LogP contribution in [0.2, 0.25) is 0 Å². The molecule has 1 fully saturated rings. The van der Waals surface area contributed by atoms with Crippen LogP contribution < -0.4 is 5.32 Å². The lowest BCUT2D eigenvalue weighted by molar-refractivity contribution is -0.141. The van der Waals surface area contributed by atoms with Gasteiger partial charge in [0.2, 0.25) is 0 Å². The van der Waals surface area contributed by atoms with Gasteiger partial charge in [-0.05, 0) is 12.8 Å². The van der Waals surface area contributed by atoms with Crippen molar-refractivity contribution < 1.29 is 18.0 Å². The molecule has 1 aliphatic rings. The minimum absolute atomic E-state index is 0.0473. The zero-order valence-corrected chi connectivity index (χ0v) is 13.5. The maximum Gasteiger partial charge on any atom is 0.433 e. The lowest BCUT2D eigenvalue weighted by Gasteiger charge is -2.32. The zero-order valence-electron chi connectivity index (χ0n) is 13.5. The number of nitrogens with zero attached hydrogens (tertiary/aromatic N) is 5. The summed E-state index contributed by atoms with van der Waals surface area (Å²) in [6.45, 7) is 1.03. The van der Waals surface area contributed by atoms with E-state index in [9.17, 15) is 18.0 Å². The molecule has 1 saturated heterocycles. The fraction of sp³-hybridized carbons (Fsp3) is 0.467. The Labute approximate surface area is 141 Å². The van der Waals surface area contributed by atoms with E-state index >= 15 is 0 Å². The van der Waals surface area contributed by atoms with Crippen LogP contribution in [-0.2, 0) is 13.2 Å². The van der Waals surface area contributed by atoms with Gasteiger partial charge in [-0.2, -0.15) is 18.3 Å². The quantitative estimate of drug-likeness (QED) is 0.912. The van der Waals surface area contributed by atoms with Gasteiger partial charge >= 0.3 is 6.18 Å². The molecule has 10 heteroatoms. The predicted molar refractivity (Wildman–Crippen MR) is 82.8 cm³/mol. The molecule has 0 atom stereocenters. The Balaban J connectivity index is 1.57. The van der Waals surface area contributed by atoms with Crippen molar-refractivity contribution in [3.05, 3.63) is 36.0 Å². The summed E-state index contributed by atoms with van der Waals surface area (Å²) < 4.78 is 39.6. The third kappa shape index (κ3) is 4.06. The topological polar surface area (TPSA) is 75.9 Å². The van der Waals surface area contributed by atoms with Crippen molar-refractivity contribution in [2.24, 2.45) is 7.05 Å². The third-order valence-corrected chi connectivity index (χ3v) is 4.04. The summed E-state index contributed by atoms with van der Waals surface area (Å²) in [5.74, 6) is 0.0484. The van der Waals surface area contributed by atoms with Crippen molar-refractivity contribution in [2.45, 2.75) is 25.1 Å². The van der Waals surface area contributed by atoms with Gasteiger partial charge in [0.05, 0.1) is 11.8 Å². The number of alkyl halides is 3. The van der Waals surface area contributed by atoms with Gasteiger partial charge in [0.15, 0.2) is 0 Å². The second-order valence-electron chi connectivity index (χ2n) is 5.90. The Kier molecular flexibility index (Phi) is 4.60. The molecule has 0 spiro atoms. The van der Waals surface area contributed by atoms with E-state index in [1.807, 2.05) is 0 Å². The Morgan fingerprint density at radius 2 is 2.00 bits per heavy atom. The van der Waals surface area contributed by atoms with E-state index in [0.717, 1.165) is 12.4 Å². The standard InChI is InChI=1S/C15H17F3N6O/c1-23-8-10(7-21-23)14(25)24-4-2-11(3-5-24)22-13-6-12(15(16,17)18)19-9-20-13/h6-9,11H,2-5H2,1H3,(H,19,20,22). The number of aromatic nitrogens is 4. The molecule has 0 aromatic carbocycles. The van der Waals surface area contributed by atoms with Crippen LogP contribution in [0.4, 0.5) is 19.0 Å². The Hall–Kier alpha value is -2.65. The monoisotopic (exact) mass is 354 g/mol. The lowest BCUT2D eigenvalue weighted by atomic mass is 10.0. The summed E-state index contributed by atoms with van der Waals surface area (Å²) in [7, 11) is 1.74. The highest BCUT2D eigenvalue weighted by Crippen LogP contribution is 2.28. The number of halogens is 3. The second-order valence-corrected chi connectivity index (χ2v) is 5.90. The Bertz CT molecular complexity index is 752. The van der Waals surface area contributed by atoms with Crippen LogP contribution in [0.3, 0.4) is 0 Å². The normalized spacial score (nSPS) is 16.1. The molecule has 0 bridgehead atoms. The number of nitrogens with one attached hydrogen (secondary N) is 1. The minimum atomic E-state index is -4.50. The number of aryl methyl sites for hydroxylation is 1. The van der Waals surface area contributed by atoms with Gasteiger partial charge in [0.25, 0.3) is 5.91 Å². The predicted octanol–water partition coefficient (Wildman–Crippen LogP) is 1.95. The maximum atomic E-state index is 12.7. The average Bonchev–Trinajstić information content (AvgIpc) is 3.01.